The summed E-state index contributed by atoms with van der Waals surface area (Å²) in [7, 11) is 0. The second kappa shape index (κ2) is 8.65. The van der Waals surface area contributed by atoms with Gasteiger partial charge >= 0.3 is 0 Å². The molecule has 2 heterocycles. The minimum absolute atomic E-state index is 0.0807. The van der Waals surface area contributed by atoms with Crippen molar-refractivity contribution in [3.05, 3.63) is 47.3 Å². The molecule has 6 nitrogen and oxygen atoms in total. The van der Waals surface area contributed by atoms with E-state index >= 15 is 0 Å². The molecular formula is C21H26N4O2S. The lowest BCUT2D eigenvalue weighted by Gasteiger charge is -2.18. The Morgan fingerprint density at radius 2 is 1.86 bits per heavy atom. The highest BCUT2D eigenvalue weighted by molar-refractivity contribution is 7.80. The van der Waals surface area contributed by atoms with Gasteiger partial charge in [0.15, 0.2) is 5.65 Å². The molecule has 7 heteroatoms. The normalized spacial score (nSPS) is 11.0. The van der Waals surface area contributed by atoms with E-state index in [0.29, 0.717) is 19.0 Å². The van der Waals surface area contributed by atoms with Crippen molar-refractivity contribution in [3.8, 4) is 17.0 Å². The van der Waals surface area contributed by atoms with Gasteiger partial charge in [0.05, 0.1) is 12.1 Å². The number of carbonyl (C=O) groups excluding carboxylic acids is 1. The van der Waals surface area contributed by atoms with Crippen LogP contribution in [0.2, 0.25) is 0 Å². The van der Waals surface area contributed by atoms with E-state index in [1.165, 1.54) is 0 Å². The summed E-state index contributed by atoms with van der Waals surface area (Å²) >= 11 is 4.09. The fraction of sp³-hybridized carbons (Fsp3) is 0.381. The molecule has 28 heavy (non-hydrogen) atoms. The van der Waals surface area contributed by atoms with Crippen LogP contribution in [0.3, 0.4) is 0 Å². The molecule has 3 rings (SSSR count). The van der Waals surface area contributed by atoms with Crippen molar-refractivity contribution in [2.45, 2.75) is 34.1 Å². The van der Waals surface area contributed by atoms with Crippen LogP contribution >= 0.6 is 12.6 Å². The van der Waals surface area contributed by atoms with Crippen LogP contribution in [0, 0.1) is 13.8 Å². The third-order valence-electron chi connectivity index (χ3n) is 4.79. The molecule has 3 aromatic rings. The van der Waals surface area contributed by atoms with E-state index in [-0.39, 0.29) is 12.3 Å². The topological polar surface area (TPSA) is 59.7 Å². The van der Waals surface area contributed by atoms with E-state index in [0.717, 1.165) is 39.6 Å². The number of aromatic nitrogens is 3. The number of hydrogen-bond donors (Lipinski definition) is 1. The number of thiol groups is 1. The predicted octanol–water partition coefficient (Wildman–Crippen LogP) is 3.69. The van der Waals surface area contributed by atoms with Crippen LogP contribution < -0.4 is 4.74 Å². The predicted molar refractivity (Wildman–Crippen MR) is 114 cm³/mol. The molecule has 0 fully saturated rings. The quantitative estimate of drug-likeness (QED) is 0.487. The highest BCUT2D eigenvalue weighted by Gasteiger charge is 2.21. The molecule has 0 bridgehead atoms. The van der Waals surface area contributed by atoms with Gasteiger partial charge in [-0.25, -0.2) is 9.50 Å². The van der Waals surface area contributed by atoms with Gasteiger partial charge in [-0.1, -0.05) is 0 Å². The van der Waals surface area contributed by atoms with Crippen LogP contribution in [0.4, 0.5) is 0 Å². The molecular weight excluding hydrogens is 372 g/mol. The van der Waals surface area contributed by atoms with Crippen LogP contribution in [-0.2, 0) is 11.2 Å². The average Bonchev–Trinajstić information content (AvgIpc) is 3.02. The third kappa shape index (κ3) is 3.99. The molecule has 0 aliphatic heterocycles. The van der Waals surface area contributed by atoms with Gasteiger partial charge in [0, 0.05) is 35.6 Å². The summed E-state index contributed by atoms with van der Waals surface area (Å²) in [6.07, 6.45) is 0.269. The third-order valence-corrected chi connectivity index (χ3v) is 4.92. The molecule has 0 saturated carbocycles. The molecule has 1 amide bonds. The number of likely N-dealkylation sites (N-methyl/N-ethyl adjacent to an activating group) is 1. The van der Waals surface area contributed by atoms with E-state index in [9.17, 15) is 4.79 Å². The first-order valence-corrected chi connectivity index (χ1v) is 10.1. The minimum atomic E-state index is 0.0807. The van der Waals surface area contributed by atoms with Crippen LogP contribution in [0.5, 0.6) is 5.75 Å². The van der Waals surface area contributed by atoms with Crippen molar-refractivity contribution in [1.82, 2.24) is 19.5 Å². The van der Waals surface area contributed by atoms with Crippen molar-refractivity contribution in [2.24, 2.45) is 0 Å². The molecule has 0 saturated heterocycles. The molecule has 0 aliphatic rings. The standard InChI is InChI=1S/C21H26N4O2S/c1-5-24(6-2)19(26)12-18-20(16-7-9-17(10-8-16)27-13-28)23-25-15(4)11-14(3)22-21(18)25/h7-11,28H,5-6,12-13H2,1-4H3. The van der Waals surface area contributed by atoms with Gasteiger partial charge in [-0.3, -0.25) is 4.79 Å². The Balaban J connectivity index is 2.12. The number of nitrogens with zero attached hydrogens (tertiary/aromatic N) is 4. The molecule has 0 aliphatic carbocycles. The Kier molecular flexibility index (Phi) is 6.24. The summed E-state index contributed by atoms with van der Waals surface area (Å²) in [5.41, 5.74) is 5.19. The first-order valence-electron chi connectivity index (χ1n) is 9.46. The number of ether oxygens (including phenoxy) is 1. The maximum absolute atomic E-state index is 12.8. The van der Waals surface area contributed by atoms with Gasteiger partial charge < -0.3 is 9.64 Å². The largest absolute Gasteiger partial charge is 0.483 e. The number of benzene rings is 1. The molecule has 0 unspecified atom stereocenters. The Morgan fingerprint density at radius 1 is 1.18 bits per heavy atom. The molecule has 1 aromatic carbocycles. The first-order chi connectivity index (χ1) is 13.5. The van der Waals surface area contributed by atoms with Gasteiger partial charge in [0.1, 0.15) is 11.7 Å². The highest BCUT2D eigenvalue weighted by Crippen LogP contribution is 2.29. The number of amides is 1. The maximum atomic E-state index is 12.8. The molecule has 2 aromatic heterocycles. The Morgan fingerprint density at radius 3 is 2.46 bits per heavy atom. The van der Waals surface area contributed by atoms with Crippen LogP contribution in [0.25, 0.3) is 16.9 Å². The fourth-order valence-electron chi connectivity index (χ4n) is 3.38. The van der Waals surface area contributed by atoms with Gasteiger partial charge in [0.2, 0.25) is 5.91 Å². The zero-order valence-corrected chi connectivity index (χ0v) is 17.7. The zero-order chi connectivity index (χ0) is 20.3. The van der Waals surface area contributed by atoms with Crippen molar-refractivity contribution in [2.75, 3.05) is 19.0 Å². The van der Waals surface area contributed by atoms with Crippen LogP contribution in [-0.4, -0.2) is 44.4 Å². The smallest absolute Gasteiger partial charge is 0.227 e. The van der Waals surface area contributed by atoms with Crippen LogP contribution in [0.15, 0.2) is 30.3 Å². The summed E-state index contributed by atoms with van der Waals surface area (Å²) < 4.78 is 7.24. The first kappa shape index (κ1) is 20.2. The van der Waals surface area contributed by atoms with E-state index in [1.807, 2.05) is 67.4 Å². The molecule has 0 spiro atoms. The minimum Gasteiger partial charge on any atom is -0.483 e. The lowest BCUT2D eigenvalue weighted by molar-refractivity contribution is -0.130. The lowest BCUT2D eigenvalue weighted by Crippen LogP contribution is -2.31. The van der Waals surface area contributed by atoms with Gasteiger partial charge in [-0.15, -0.1) is 12.6 Å². The Hall–Kier alpha value is -2.54. The van der Waals surface area contributed by atoms with E-state index in [4.69, 9.17) is 9.84 Å². The number of rotatable bonds is 7. The summed E-state index contributed by atoms with van der Waals surface area (Å²) in [5.74, 6) is 1.14. The number of hydrogen-bond acceptors (Lipinski definition) is 5. The summed E-state index contributed by atoms with van der Waals surface area (Å²) in [6.45, 7) is 9.31. The molecule has 0 radical (unpaired) electrons. The second-order valence-corrected chi connectivity index (χ2v) is 6.90. The zero-order valence-electron chi connectivity index (χ0n) is 16.8. The van der Waals surface area contributed by atoms with Gasteiger partial charge in [-0.05, 0) is 58.0 Å². The number of carbonyl (C=O) groups is 1. The molecule has 148 valence electrons. The van der Waals surface area contributed by atoms with Crippen LogP contribution in [0.1, 0.15) is 30.8 Å². The van der Waals surface area contributed by atoms with Gasteiger partial charge in [-0.2, -0.15) is 5.10 Å². The maximum Gasteiger partial charge on any atom is 0.227 e. The average molecular weight is 399 g/mol. The highest BCUT2D eigenvalue weighted by atomic mass is 32.1. The van der Waals surface area contributed by atoms with Crippen molar-refractivity contribution < 1.29 is 9.53 Å². The summed E-state index contributed by atoms with van der Waals surface area (Å²) in [4.78, 5) is 19.4. The van der Waals surface area contributed by atoms with E-state index in [2.05, 4.69) is 17.6 Å². The second-order valence-electron chi connectivity index (χ2n) is 6.64. The molecule has 0 atom stereocenters. The molecule has 0 N–H and O–H groups in total. The van der Waals surface area contributed by atoms with E-state index in [1.54, 1.807) is 0 Å². The fourth-order valence-corrected chi connectivity index (χ4v) is 3.53. The van der Waals surface area contributed by atoms with Gasteiger partial charge in [0.25, 0.3) is 0 Å². The number of fused-ring (bicyclic) bond motifs is 1. The van der Waals surface area contributed by atoms with Crippen molar-refractivity contribution >= 4 is 24.2 Å². The number of aryl methyl sites for hydroxylation is 2. The van der Waals surface area contributed by atoms with Crippen molar-refractivity contribution in [3.63, 3.8) is 0 Å². The Labute approximate surface area is 170 Å². The summed E-state index contributed by atoms with van der Waals surface area (Å²) in [5, 5.41) is 4.79. The Bertz CT molecular complexity index is 978. The van der Waals surface area contributed by atoms with E-state index < -0.39 is 0 Å². The lowest BCUT2D eigenvalue weighted by atomic mass is 10.0. The summed E-state index contributed by atoms with van der Waals surface area (Å²) in [6, 6.07) is 9.67. The monoisotopic (exact) mass is 398 g/mol. The SMILES string of the molecule is CCN(CC)C(=O)Cc1c(-c2ccc(OCS)cc2)nn2c(C)cc(C)nc12. The van der Waals surface area contributed by atoms with Crippen molar-refractivity contribution in [1.29, 1.82) is 0 Å².